The molecule has 1 aromatic heterocycles. The molecule has 1 fully saturated rings. The predicted octanol–water partition coefficient (Wildman–Crippen LogP) is 2.01. The Morgan fingerprint density at radius 3 is 2.90 bits per heavy atom. The Morgan fingerprint density at radius 2 is 2.20 bits per heavy atom. The van der Waals surface area contributed by atoms with Gasteiger partial charge in [0.05, 0.1) is 36.0 Å². The Balaban J connectivity index is 1.41. The Hall–Kier alpha value is -2.49. The highest BCUT2D eigenvalue weighted by Gasteiger charge is 2.29. The average Bonchev–Trinajstić information content (AvgIpc) is 2.72. The molecule has 1 aliphatic carbocycles. The van der Waals surface area contributed by atoms with Gasteiger partial charge in [-0.2, -0.15) is 0 Å². The summed E-state index contributed by atoms with van der Waals surface area (Å²) in [5.41, 5.74) is 2.27. The van der Waals surface area contributed by atoms with Gasteiger partial charge in [-0.05, 0) is 42.5 Å². The number of benzene rings is 1. The van der Waals surface area contributed by atoms with Gasteiger partial charge in [0.25, 0.3) is 0 Å². The number of hydrogen-bond acceptors (Lipinski definition) is 6. The lowest BCUT2D eigenvalue weighted by atomic mass is 9.90. The van der Waals surface area contributed by atoms with Crippen LogP contribution in [-0.2, 0) is 13.0 Å². The normalized spacial score (nSPS) is 21.4. The van der Waals surface area contributed by atoms with Gasteiger partial charge in [0.1, 0.15) is 5.82 Å². The number of hydrogen-bond donors (Lipinski definition) is 4. The number of nitrogens with zero attached hydrogens (tertiary/aromatic N) is 3. The number of aromatic nitrogens is 2. The minimum absolute atomic E-state index is 0.0668. The SMILES string of the molecule is O=C(N[C@H](CO)c1ccc(F)c(Cl)c1)N1CCc2cnc(NC3CC(O)C3)nc2C1. The Kier molecular flexibility index (Phi) is 6.03. The molecule has 4 N–H and O–H groups in total. The van der Waals surface area contributed by atoms with E-state index in [1.54, 1.807) is 11.1 Å². The summed E-state index contributed by atoms with van der Waals surface area (Å²) in [6.45, 7) is 0.460. The van der Waals surface area contributed by atoms with Crippen LogP contribution in [0.25, 0.3) is 0 Å². The predicted molar refractivity (Wildman–Crippen MR) is 109 cm³/mol. The van der Waals surface area contributed by atoms with E-state index in [2.05, 4.69) is 20.6 Å². The van der Waals surface area contributed by atoms with Gasteiger partial charge in [-0.15, -0.1) is 0 Å². The highest BCUT2D eigenvalue weighted by atomic mass is 35.5. The lowest BCUT2D eigenvalue weighted by Crippen LogP contribution is -2.45. The summed E-state index contributed by atoms with van der Waals surface area (Å²) in [4.78, 5) is 23.2. The van der Waals surface area contributed by atoms with Crippen molar-refractivity contribution in [3.05, 3.63) is 52.1 Å². The van der Waals surface area contributed by atoms with E-state index in [-0.39, 0.29) is 29.8 Å². The number of urea groups is 1. The highest BCUT2D eigenvalue weighted by molar-refractivity contribution is 6.30. The summed E-state index contributed by atoms with van der Waals surface area (Å²) >= 11 is 5.82. The van der Waals surface area contributed by atoms with E-state index in [0.29, 0.717) is 43.9 Å². The fourth-order valence-electron chi connectivity index (χ4n) is 3.64. The molecule has 4 rings (SSSR count). The lowest BCUT2D eigenvalue weighted by Gasteiger charge is -2.33. The van der Waals surface area contributed by atoms with Crippen molar-refractivity contribution in [3.63, 3.8) is 0 Å². The second-order valence-corrected chi connectivity index (χ2v) is 8.07. The fraction of sp³-hybridized carbons (Fsp3) is 0.450. The molecule has 0 radical (unpaired) electrons. The maximum Gasteiger partial charge on any atom is 0.318 e. The second-order valence-electron chi connectivity index (χ2n) is 7.66. The molecule has 2 aliphatic rings. The Labute approximate surface area is 178 Å². The number of halogens is 2. The second kappa shape index (κ2) is 8.71. The van der Waals surface area contributed by atoms with Crippen molar-refractivity contribution in [2.75, 3.05) is 18.5 Å². The van der Waals surface area contributed by atoms with Gasteiger partial charge in [-0.25, -0.2) is 19.2 Å². The molecule has 2 aromatic rings. The van der Waals surface area contributed by atoms with Crippen molar-refractivity contribution >= 4 is 23.6 Å². The molecule has 2 heterocycles. The summed E-state index contributed by atoms with van der Waals surface area (Å²) in [6, 6.07) is 3.19. The van der Waals surface area contributed by atoms with Crippen LogP contribution in [0, 0.1) is 5.82 Å². The van der Waals surface area contributed by atoms with Crippen molar-refractivity contribution in [3.8, 4) is 0 Å². The van der Waals surface area contributed by atoms with Gasteiger partial charge in [0, 0.05) is 18.8 Å². The fourth-order valence-corrected chi connectivity index (χ4v) is 3.83. The van der Waals surface area contributed by atoms with Crippen molar-refractivity contribution < 1.29 is 19.4 Å². The molecule has 0 bridgehead atoms. The number of amides is 2. The number of carbonyl (C=O) groups excluding carboxylic acids is 1. The molecule has 160 valence electrons. The van der Waals surface area contributed by atoms with E-state index in [1.165, 1.54) is 18.2 Å². The number of fused-ring (bicyclic) bond motifs is 1. The van der Waals surface area contributed by atoms with Crippen LogP contribution in [-0.4, -0.2) is 56.4 Å². The van der Waals surface area contributed by atoms with E-state index in [9.17, 15) is 19.4 Å². The van der Waals surface area contributed by atoms with Crippen molar-refractivity contribution in [1.29, 1.82) is 0 Å². The topological polar surface area (TPSA) is 111 Å². The molecule has 0 unspecified atom stereocenters. The van der Waals surface area contributed by atoms with Gasteiger partial charge in [0.2, 0.25) is 5.95 Å². The summed E-state index contributed by atoms with van der Waals surface area (Å²) in [5.74, 6) is -0.0707. The summed E-state index contributed by atoms with van der Waals surface area (Å²) in [6.07, 6.45) is 3.47. The first-order valence-electron chi connectivity index (χ1n) is 9.83. The first-order valence-corrected chi connectivity index (χ1v) is 10.2. The number of nitrogens with one attached hydrogen (secondary N) is 2. The molecule has 0 saturated heterocycles. The molecule has 1 aromatic carbocycles. The maximum atomic E-state index is 13.4. The van der Waals surface area contributed by atoms with Crippen molar-refractivity contribution in [2.24, 2.45) is 0 Å². The smallest absolute Gasteiger partial charge is 0.318 e. The molecule has 0 spiro atoms. The van der Waals surface area contributed by atoms with E-state index in [1.807, 2.05) is 0 Å². The van der Waals surface area contributed by atoms with E-state index in [4.69, 9.17) is 11.6 Å². The zero-order chi connectivity index (χ0) is 21.3. The van der Waals surface area contributed by atoms with Gasteiger partial charge < -0.3 is 25.7 Å². The van der Waals surface area contributed by atoms with Gasteiger partial charge in [-0.3, -0.25) is 0 Å². The number of rotatable bonds is 5. The molecule has 2 amide bonds. The quantitative estimate of drug-likeness (QED) is 0.571. The molecule has 1 atom stereocenters. The Bertz CT molecular complexity index is 941. The molecule has 1 saturated carbocycles. The zero-order valence-corrected chi connectivity index (χ0v) is 16.9. The number of aliphatic hydroxyl groups is 2. The molecule has 1 aliphatic heterocycles. The molecule has 8 nitrogen and oxygen atoms in total. The summed E-state index contributed by atoms with van der Waals surface area (Å²) in [7, 11) is 0. The van der Waals surface area contributed by atoms with Crippen LogP contribution in [0.5, 0.6) is 0 Å². The van der Waals surface area contributed by atoms with Gasteiger partial charge >= 0.3 is 6.03 Å². The first-order chi connectivity index (χ1) is 14.4. The molecular weight excluding hydrogens is 413 g/mol. The van der Waals surface area contributed by atoms with Crippen LogP contribution in [0.1, 0.15) is 35.7 Å². The van der Waals surface area contributed by atoms with Crippen LogP contribution < -0.4 is 10.6 Å². The lowest BCUT2D eigenvalue weighted by molar-refractivity contribution is 0.0834. The maximum absolute atomic E-state index is 13.4. The van der Waals surface area contributed by atoms with Crippen LogP contribution in [0.3, 0.4) is 0 Å². The van der Waals surface area contributed by atoms with Crippen LogP contribution in [0.15, 0.2) is 24.4 Å². The zero-order valence-electron chi connectivity index (χ0n) is 16.2. The minimum Gasteiger partial charge on any atom is -0.394 e. The molecular formula is C20H23ClFN5O3. The molecule has 30 heavy (non-hydrogen) atoms. The number of aliphatic hydroxyl groups excluding tert-OH is 2. The number of anilines is 1. The standard InChI is InChI=1S/C20H23ClFN5O3/c21-15-5-11(1-2-16(15)22)18(10-28)26-20(30)27-4-3-12-8-23-19(25-17(12)9-27)24-13-6-14(29)7-13/h1-2,5,8,13-14,18,28-29H,3-4,6-7,9-10H2,(H,26,30)(H,23,24,25)/t13?,14?,18-/m1/s1. The molecule has 10 heteroatoms. The van der Waals surface area contributed by atoms with Crippen molar-refractivity contribution in [1.82, 2.24) is 20.2 Å². The third-order valence-electron chi connectivity index (χ3n) is 5.51. The van der Waals surface area contributed by atoms with E-state index < -0.39 is 11.9 Å². The Morgan fingerprint density at radius 1 is 1.40 bits per heavy atom. The number of carbonyl (C=O) groups is 1. The van der Waals surface area contributed by atoms with Crippen LogP contribution >= 0.6 is 11.6 Å². The average molecular weight is 436 g/mol. The largest absolute Gasteiger partial charge is 0.394 e. The van der Waals surface area contributed by atoms with E-state index in [0.717, 1.165) is 11.3 Å². The van der Waals surface area contributed by atoms with Crippen molar-refractivity contribution in [2.45, 2.75) is 44.0 Å². The van der Waals surface area contributed by atoms with Gasteiger partial charge in [0.15, 0.2) is 0 Å². The summed E-state index contributed by atoms with van der Waals surface area (Å²) in [5, 5.41) is 25.0. The van der Waals surface area contributed by atoms with Crippen LogP contribution in [0.4, 0.5) is 15.1 Å². The summed E-state index contributed by atoms with van der Waals surface area (Å²) < 4.78 is 13.4. The van der Waals surface area contributed by atoms with Gasteiger partial charge in [-0.1, -0.05) is 17.7 Å². The van der Waals surface area contributed by atoms with Crippen LogP contribution in [0.2, 0.25) is 5.02 Å². The highest BCUT2D eigenvalue weighted by Crippen LogP contribution is 2.25. The first kappa shape index (κ1) is 20.8. The van der Waals surface area contributed by atoms with E-state index >= 15 is 0 Å². The third-order valence-corrected chi connectivity index (χ3v) is 5.80. The monoisotopic (exact) mass is 435 g/mol. The minimum atomic E-state index is -0.704. The third kappa shape index (κ3) is 4.48.